The second-order valence-electron chi connectivity index (χ2n) is 11.1. The van der Waals surface area contributed by atoms with Crippen molar-refractivity contribution in [1.82, 2.24) is 25.6 Å². The standard InChI is InChI=1S/C27H35N5/c1-3-20(28-13-1)23-15-18-5-6-19(16-22(18)31-23)26-7-10-27(11-8-26,12-9-26)24-17-30-25(32-24)21-4-2-14-29-21/h5-6,15-17,20-21,28-29,31H,1-4,7-14H2,(H,30,32). The van der Waals surface area contributed by atoms with Gasteiger partial charge in [0.25, 0.3) is 0 Å². The normalized spacial score (nSPS) is 34.6. The third-order valence-corrected chi connectivity index (χ3v) is 9.49. The fourth-order valence-corrected chi connectivity index (χ4v) is 7.34. The van der Waals surface area contributed by atoms with Crippen LogP contribution in [0.2, 0.25) is 0 Å². The molecule has 0 amide bonds. The van der Waals surface area contributed by atoms with E-state index in [2.05, 4.69) is 51.1 Å². The number of fused-ring (bicyclic) bond motifs is 4. The van der Waals surface area contributed by atoms with Gasteiger partial charge in [0.15, 0.2) is 0 Å². The first-order valence-corrected chi connectivity index (χ1v) is 12.9. The molecule has 2 bridgehead atoms. The summed E-state index contributed by atoms with van der Waals surface area (Å²) >= 11 is 0. The number of nitrogens with zero attached hydrogens (tertiary/aromatic N) is 1. The Kier molecular flexibility index (Phi) is 4.35. The first-order valence-electron chi connectivity index (χ1n) is 12.9. The molecular weight excluding hydrogens is 394 g/mol. The van der Waals surface area contributed by atoms with Gasteiger partial charge in [-0.15, -0.1) is 0 Å². The first kappa shape index (κ1) is 19.4. The SMILES string of the molecule is c1cc2cc(C3CCCN3)[nH]c2cc1C12CCC(c3cnc(C4CCCN4)[nH]3)(CC1)CC2. The summed E-state index contributed by atoms with van der Waals surface area (Å²) in [6.45, 7) is 2.27. The molecule has 32 heavy (non-hydrogen) atoms. The van der Waals surface area contributed by atoms with E-state index in [4.69, 9.17) is 4.98 Å². The van der Waals surface area contributed by atoms with E-state index < -0.39 is 0 Å². The molecule has 1 aromatic carbocycles. The van der Waals surface area contributed by atoms with Crippen LogP contribution in [0.5, 0.6) is 0 Å². The fourth-order valence-electron chi connectivity index (χ4n) is 7.34. The summed E-state index contributed by atoms with van der Waals surface area (Å²) in [5, 5.41) is 8.58. The Morgan fingerprint density at radius 1 is 0.781 bits per heavy atom. The molecule has 2 aromatic heterocycles. The molecule has 3 aliphatic carbocycles. The van der Waals surface area contributed by atoms with E-state index in [0.717, 1.165) is 13.1 Å². The number of imidazole rings is 1. The van der Waals surface area contributed by atoms with Crippen LogP contribution in [0.3, 0.4) is 0 Å². The Labute approximate surface area is 190 Å². The van der Waals surface area contributed by atoms with Crippen molar-refractivity contribution in [3.05, 3.63) is 53.2 Å². The summed E-state index contributed by atoms with van der Waals surface area (Å²) in [5.41, 5.74) is 6.34. The zero-order chi connectivity index (χ0) is 21.2. The Bertz CT molecular complexity index is 1100. The molecule has 5 aliphatic rings. The lowest BCUT2D eigenvalue weighted by Crippen LogP contribution is -2.46. The van der Waals surface area contributed by atoms with Crippen LogP contribution in [0.1, 0.15) is 99.1 Å². The second kappa shape index (κ2) is 7.19. The molecule has 0 spiro atoms. The van der Waals surface area contributed by atoms with Crippen LogP contribution in [-0.4, -0.2) is 28.0 Å². The molecule has 5 nitrogen and oxygen atoms in total. The highest BCUT2D eigenvalue weighted by atomic mass is 15.0. The average molecular weight is 430 g/mol. The lowest BCUT2D eigenvalue weighted by Gasteiger charge is -2.53. The van der Waals surface area contributed by atoms with Crippen LogP contribution in [0.15, 0.2) is 30.5 Å². The Balaban J connectivity index is 1.13. The van der Waals surface area contributed by atoms with Gasteiger partial charge in [-0.2, -0.15) is 0 Å². The summed E-state index contributed by atoms with van der Waals surface area (Å²) in [6, 6.07) is 10.6. The van der Waals surface area contributed by atoms with Gasteiger partial charge in [-0.3, -0.25) is 0 Å². The quantitative estimate of drug-likeness (QED) is 0.456. The van der Waals surface area contributed by atoms with E-state index in [0.29, 0.717) is 22.9 Å². The minimum absolute atomic E-state index is 0.323. The summed E-state index contributed by atoms with van der Waals surface area (Å²) < 4.78 is 0. The van der Waals surface area contributed by atoms with Gasteiger partial charge in [0.1, 0.15) is 5.82 Å². The summed E-state index contributed by atoms with van der Waals surface area (Å²) in [4.78, 5) is 12.3. The lowest BCUT2D eigenvalue weighted by atomic mass is 9.51. The monoisotopic (exact) mass is 429 g/mol. The molecule has 2 aliphatic heterocycles. The van der Waals surface area contributed by atoms with E-state index in [1.807, 2.05) is 0 Å². The predicted molar refractivity (Wildman–Crippen MR) is 128 cm³/mol. The highest BCUT2D eigenvalue weighted by Crippen LogP contribution is 2.58. The summed E-state index contributed by atoms with van der Waals surface area (Å²) in [5.74, 6) is 1.17. The molecule has 3 saturated carbocycles. The maximum atomic E-state index is 4.80. The average Bonchev–Trinajstić information content (AvgIpc) is 3.65. The number of H-pyrrole nitrogens is 2. The summed E-state index contributed by atoms with van der Waals surface area (Å²) in [7, 11) is 0. The predicted octanol–water partition coefficient (Wildman–Crippen LogP) is 5.28. The molecule has 5 fully saturated rings. The number of hydrogen-bond acceptors (Lipinski definition) is 3. The smallest absolute Gasteiger partial charge is 0.123 e. The maximum absolute atomic E-state index is 4.80. The fraction of sp³-hybridized carbons (Fsp3) is 0.593. The van der Waals surface area contributed by atoms with Gasteiger partial charge in [-0.1, -0.05) is 12.1 Å². The minimum atomic E-state index is 0.323. The van der Waals surface area contributed by atoms with Crippen molar-refractivity contribution in [3.63, 3.8) is 0 Å². The van der Waals surface area contributed by atoms with Crippen LogP contribution in [0, 0.1) is 0 Å². The number of nitrogens with one attached hydrogen (secondary N) is 4. The third-order valence-electron chi connectivity index (χ3n) is 9.49. The van der Waals surface area contributed by atoms with Gasteiger partial charge in [-0.25, -0.2) is 4.98 Å². The number of benzene rings is 1. The van der Waals surface area contributed by atoms with Crippen molar-refractivity contribution in [3.8, 4) is 0 Å². The summed E-state index contributed by atoms with van der Waals surface area (Å²) in [6.07, 6.45) is 14.9. The number of aromatic amines is 2. The number of aromatic nitrogens is 3. The molecular formula is C27H35N5. The van der Waals surface area contributed by atoms with Crippen molar-refractivity contribution in [2.24, 2.45) is 0 Å². The third kappa shape index (κ3) is 2.94. The van der Waals surface area contributed by atoms with Crippen LogP contribution in [0.4, 0.5) is 0 Å². The first-order chi connectivity index (χ1) is 15.7. The zero-order valence-corrected chi connectivity index (χ0v) is 19.0. The van der Waals surface area contributed by atoms with E-state index in [1.54, 1.807) is 5.56 Å². The Hall–Kier alpha value is -2.11. The molecule has 2 saturated heterocycles. The second-order valence-corrected chi connectivity index (χ2v) is 11.1. The minimum Gasteiger partial charge on any atom is -0.357 e. The van der Waals surface area contributed by atoms with Crippen LogP contribution in [0.25, 0.3) is 10.9 Å². The molecule has 0 radical (unpaired) electrons. The van der Waals surface area contributed by atoms with E-state index in [-0.39, 0.29) is 0 Å². The Morgan fingerprint density at radius 2 is 1.50 bits per heavy atom. The van der Waals surface area contributed by atoms with Gasteiger partial charge in [0.2, 0.25) is 0 Å². The van der Waals surface area contributed by atoms with Gasteiger partial charge in [-0.05, 0) is 106 Å². The van der Waals surface area contributed by atoms with Crippen molar-refractivity contribution in [2.45, 2.75) is 87.1 Å². The van der Waals surface area contributed by atoms with Crippen molar-refractivity contribution in [1.29, 1.82) is 0 Å². The van der Waals surface area contributed by atoms with Gasteiger partial charge in [0, 0.05) is 34.6 Å². The number of rotatable bonds is 4. The van der Waals surface area contributed by atoms with Crippen LogP contribution >= 0.6 is 0 Å². The van der Waals surface area contributed by atoms with Gasteiger partial charge >= 0.3 is 0 Å². The largest absolute Gasteiger partial charge is 0.357 e. The zero-order valence-electron chi connectivity index (χ0n) is 19.0. The maximum Gasteiger partial charge on any atom is 0.123 e. The molecule has 168 valence electrons. The molecule has 4 N–H and O–H groups in total. The molecule has 5 heteroatoms. The van der Waals surface area contributed by atoms with Crippen molar-refractivity contribution < 1.29 is 0 Å². The molecule has 8 rings (SSSR count). The van der Waals surface area contributed by atoms with Gasteiger partial charge < -0.3 is 20.6 Å². The van der Waals surface area contributed by atoms with Crippen molar-refractivity contribution in [2.75, 3.05) is 13.1 Å². The Morgan fingerprint density at radius 3 is 2.22 bits per heavy atom. The van der Waals surface area contributed by atoms with Crippen LogP contribution in [-0.2, 0) is 10.8 Å². The molecule has 3 aromatic rings. The molecule has 2 unspecified atom stereocenters. The molecule has 2 atom stereocenters. The van der Waals surface area contributed by atoms with E-state index in [1.165, 1.54) is 92.3 Å². The highest BCUT2D eigenvalue weighted by molar-refractivity contribution is 5.81. The van der Waals surface area contributed by atoms with E-state index >= 15 is 0 Å². The molecule has 4 heterocycles. The van der Waals surface area contributed by atoms with E-state index in [9.17, 15) is 0 Å². The highest BCUT2D eigenvalue weighted by Gasteiger charge is 2.51. The number of hydrogen-bond donors (Lipinski definition) is 4. The van der Waals surface area contributed by atoms with Crippen molar-refractivity contribution >= 4 is 10.9 Å². The van der Waals surface area contributed by atoms with Crippen LogP contribution < -0.4 is 10.6 Å². The topological polar surface area (TPSA) is 68.5 Å². The van der Waals surface area contributed by atoms with Gasteiger partial charge in [0.05, 0.1) is 6.04 Å². The lowest BCUT2D eigenvalue weighted by molar-refractivity contribution is 0.0990.